The number of benzene rings is 2. The van der Waals surface area contributed by atoms with Gasteiger partial charge in [-0.25, -0.2) is 14.2 Å². The highest BCUT2D eigenvalue weighted by Gasteiger charge is 2.22. The van der Waals surface area contributed by atoms with Crippen LogP contribution in [0.25, 0.3) is 0 Å². The van der Waals surface area contributed by atoms with Crippen molar-refractivity contribution < 1.29 is 13.5 Å². The Labute approximate surface area is 120 Å². The molecule has 0 fully saturated rings. The highest BCUT2D eigenvalue weighted by atomic mass is 35.5. The number of hydrazine groups is 1. The quantitative estimate of drug-likeness (QED) is 0.673. The maximum Gasteiger partial charge on any atom is 0.146 e. The summed E-state index contributed by atoms with van der Waals surface area (Å²) < 4.78 is 32.7. The van der Waals surface area contributed by atoms with Gasteiger partial charge in [0.2, 0.25) is 0 Å². The van der Waals surface area contributed by atoms with E-state index in [9.17, 15) is 8.78 Å². The number of ether oxygens (including phenoxy) is 1. The number of methoxy groups -OCH3 is 1. The van der Waals surface area contributed by atoms with E-state index in [-0.39, 0.29) is 10.6 Å². The summed E-state index contributed by atoms with van der Waals surface area (Å²) in [6, 6.07) is 7.72. The molecule has 0 aliphatic carbocycles. The molecule has 0 aromatic heterocycles. The van der Waals surface area contributed by atoms with Gasteiger partial charge in [0.15, 0.2) is 0 Å². The zero-order chi connectivity index (χ0) is 14.7. The van der Waals surface area contributed by atoms with Crippen molar-refractivity contribution in [3.63, 3.8) is 0 Å². The van der Waals surface area contributed by atoms with Crippen LogP contribution in [0.4, 0.5) is 8.78 Å². The molecule has 2 rings (SSSR count). The van der Waals surface area contributed by atoms with Gasteiger partial charge in [-0.2, -0.15) is 0 Å². The molecule has 1 unspecified atom stereocenters. The van der Waals surface area contributed by atoms with E-state index in [0.29, 0.717) is 11.3 Å². The highest BCUT2D eigenvalue weighted by molar-refractivity contribution is 6.30. The fourth-order valence-corrected chi connectivity index (χ4v) is 2.20. The molecular weight excluding hydrogens is 286 g/mol. The normalized spacial score (nSPS) is 12.2. The van der Waals surface area contributed by atoms with Crippen molar-refractivity contribution in [2.24, 2.45) is 5.84 Å². The SMILES string of the molecule is COc1ccc(F)cc1C(NN)c1cccc(Cl)c1F. The summed E-state index contributed by atoms with van der Waals surface area (Å²) in [5.74, 6) is 4.81. The summed E-state index contributed by atoms with van der Waals surface area (Å²) in [6.45, 7) is 0. The first-order chi connectivity index (χ1) is 9.58. The van der Waals surface area contributed by atoms with Gasteiger partial charge in [-0.15, -0.1) is 0 Å². The third kappa shape index (κ3) is 2.75. The topological polar surface area (TPSA) is 47.3 Å². The van der Waals surface area contributed by atoms with Gasteiger partial charge in [0.25, 0.3) is 0 Å². The van der Waals surface area contributed by atoms with Crippen molar-refractivity contribution in [1.29, 1.82) is 0 Å². The zero-order valence-electron chi connectivity index (χ0n) is 10.7. The van der Waals surface area contributed by atoms with Crippen LogP contribution in [0.5, 0.6) is 5.75 Å². The third-order valence-electron chi connectivity index (χ3n) is 2.96. The Morgan fingerprint density at radius 1 is 1.20 bits per heavy atom. The molecular formula is C14H13ClF2N2O. The predicted octanol–water partition coefficient (Wildman–Crippen LogP) is 3.18. The van der Waals surface area contributed by atoms with Crippen LogP contribution in [0.3, 0.4) is 0 Å². The second-order valence-electron chi connectivity index (χ2n) is 4.13. The molecule has 2 aromatic rings. The van der Waals surface area contributed by atoms with E-state index in [1.807, 2.05) is 0 Å². The summed E-state index contributed by atoms with van der Waals surface area (Å²) >= 11 is 5.76. The fourth-order valence-electron chi connectivity index (χ4n) is 2.02. The molecule has 0 aliphatic rings. The Bertz CT molecular complexity index is 622. The lowest BCUT2D eigenvalue weighted by Crippen LogP contribution is -2.30. The van der Waals surface area contributed by atoms with Crippen molar-refractivity contribution in [3.05, 3.63) is 64.2 Å². The van der Waals surface area contributed by atoms with Crippen LogP contribution in [0.15, 0.2) is 36.4 Å². The summed E-state index contributed by atoms with van der Waals surface area (Å²) in [5, 5.41) is -0.0295. The first-order valence-corrected chi connectivity index (χ1v) is 6.19. The highest BCUT2D eigenvalue weighted by Crippen LogP contribution is 2.33. The lowest BCUT2D eigenvalue weighted by molar-refractivity contribution is 0.401. The molecule has 0 bridgehead atoms. The average Bonchev–Trinajstić information content (AvgIpc) is 2.44. The maximum absolute atomic E-state index is 14.1. The van der Waals surface area contributed by atoms with Crippen molar-refractivity contribution >= 4 is 11.6 Å². The fraction of sp³-hybridized carbons (Fsp3) is 0.143. The van der Waals surface area contributed by atoms with E-state index in [1.54, 1.807) is 6.07 Å². The molecule has 2 aromatic carbocycles. The van der Waals surface area contributed by atoms with Crippen LogP contribution >= 0.6 is 11.6 Å². The van der Waals surface area contributed by atoms with E-state index < -0.39 is 17.7 Å². The van der Waals surface area contributed by atoms with Gasteiger partial charge in [-0.3, -0.25) is 5.84 Å². The minimum Gasteiger partial charge on any atom is -0.496 e. The Hall–Kier alpha value is -1.69. The zero-order valence-corrected chi connectivity index (χ0v) is 11.4. The van der Waals surface area contributed by atoms with Gasteiger partial charge in [-0.1, -0.05) is 23.7 Å². The third-order valence-corrected chi connectivity index (χ3v) is 3.25. The monoisotopic (exact) mass is 298 g/mol. The van der Waals surface area contributed by atoms with E-state index in [2.05, 4.69) is 5.43 Å². The van der Waals surface area contributed by atoms with Gasteiger partial charge in [0.05, 0.1) is 18.2 Å². The number of nitrogens with one attached hydrogen (secondary N) is 1. The second kappa shape index (κ2) is 6.17. The molecule has 0 spiro atoms. The van der Waals surface area contributed by atoms with Gasteiger partial charge in [0, 0.05) is 11.1 Å². The largest absolute Gasteiger partial charge is 0.496 e. The standard InChI is InChI=1S/C14H13ClF2N2O/c1-20-12-6-5-8(16)7-10(12)14(19-18)9-3-2-4-11(15)13(9)17/h2-7,14,19H,18H2,1H3. The van der Waals surface area contributed by atoms with Crippen LogP contribution in [0.2, 0.25) is 5.02 Å². The van der Waals surface area contributed by atoms with E-state index in [0.717, 1.165) is 0 Å². The molecule has 6 heteroatoms. The number of nitrogens with two attached hydrogens (primary N) is 1. The summed E-state index contributed by atoms with van der Waals surface area (Å²) in [4.78, 5) is 0. The molecule has 0 saturated heterocycles. The Morgan fingerprint density at radius 2 is 1.95 bits per heavy atom. The van der Waals surface area contributed by atoms with E-state index in [4.69, 9.17) is 22.2 Å². The second-order valence-corrected chi connectivity index (χ2v) is 4.54. The molecule has 0 radical (unpaired) electrons. The van der Waals surface area contributed by atoms with Gasteiger partial charge >= 0.3 is 0 Å². The molecule has 3 nitrogen and oxygen atoms in total. The number of halogens is 3. The lowest BCUT2D eigenvalue weighted by atomic mass is 9.97. The molecule has 0 aliphatic heterocycles. The van der Waals surface area contributed by atoms with Crippen LogP contribution in [-0.2, 0) is 0 Å². The molecule has 0 saturated carbocycles. The molecule has 0 amide bonds. The van der Waals surface area contributed by atoms with Gasteiger partial charge in [0.1, 0.15) is 17.4 Å². The van der Waals surface area contributed by atoms with E-state index >= 15 is 0 Å². The Balaban J connectivity index is 2.58. The van der Waals surface area contributed by atoms with Crippen molar-refractivity contribution in [2.75, 3.05) is 7.11 Å². The molecule has 0 heterocycles. The Morgan fingerprint density at radius 3 is 2.60 bits per heavy atom. The van der Waals surface area contributed by atoms with Crippen LogP contribution in [-0.4, -0.2) is 7.11 Å². The van der Waals surface area contributed by atoms with Gasteiger partial charge < -0.3 is 4.74 Å². The number of hydrogen-bond acceptors (Lipinski definition) is 3. The number of rotatable bonds is 4. The summed E-state index contributed by atoms with van der Waals surface area (Å²) in [7, 11) is 1.44. The molecule has 3 N–H and O–H groups in total. The van der Waals surface area contributed by atoms with Crippen LogP contribution < -0.4 is 16.0 Å². The predicted molar refractivity (Wildman–Crippen MR) is 73.5 cm³/mol. The first kappa shape index (κ1) is 14.7. The van der Waals surface area contributed by atoms with Crippen molar-refractivity contribution in [2.45, 2.75) is 6.04 Å². The van der Waals surface area contributed by atoms with Crippen LogP contribution in [0, 0.1) is 11.6 Å². The summed E-state index contributed by atoms with van der Waals surface area (Å²) in [5.41, 5.74) is 3.06. The van der Waals surface area contributed by atoms with E-state index in [1.165, 1.54) is 37.4 Å². The minimum atomic E-state index is -0.778. The lowest BCUT2D eigenvalue weighted by Gasteiger charge is -2.20. The first-order valence-electron chi connectivity index (χ1n) is 5.82. The van der Waals surface area contributed by atoms with Crippen molar-refractivity contribution in [1.82, 2.24) is 5.43 Å². The smallest absolute Gasteiger partial charge is 0.146 e. The summed E-state index contributed by atoms with van der Waals surface area (Å²) in [6.07, 6.45) is 0. The minimum absolute atomic E-state index is 0.0295. The Kier molecular flexibility index (Phi) is 4.54. The number of hydrogen-bond donors (Lipinski definition) is 2. The maximum atomic E-state index is 14.1. The van der Waals surface area contributed by atoms with Gasteiger partial charge in [-0.05, 0) is 24.3 Å². The van der Waals surface area contributed by atoms with Crippen LogP contribution in [0.1, 0.15) is 17.2 Å². The molecule has 106 valence electrons. The molecule has 20 heavy (non-hydrogen) atoms. The van der Waals surface area contributed by atoms with Crippen molar-refractivity contribution in [3.8, 4) is 5.75 Å². The molecule has 1 atom stereocenters. The average molecular weight is 299 g/mol.